The van der Waals surface area contributed by atoms with Crippen molar-refractivity contribution >= 4 is 0 Å². The molecule has 4 saturated carbocycles. The number of hydrogen-bond acceptors (Lipinski definition) is 26. The molecule has 0 amide bonds. The molecule has 9 aliphatic rings. The molecule has 9 rings (SSSR count). The Morgan fingerprint density at radius 3 is 1.69 bits per heavy atom. The Kier molecular flexibility index (Phi) is 18.5. The number of rotatable bonds is 16. The number of fused-ring (bicyclic) bond motifs is 7. The summed E-state index contributed by atoms with van der Waals surface area (Å²) in [6.45, 7) is 5.38. The third-order valence-electron chi connectivity index (χ3n) is 20.1. The zero-order valence-corrected chi connectivity index (χ0v) is 43.9. The summed E-state index contributed by atoms with van der Waals surface area (Å²) in [5.74, 6) is -1.73. The first-order valence-corrected chi connectivity index (χ1v) is 27.6. The van der Waals surface area contributed by atoms with Crippen LogP contribution in [0.15, 0.2) is 0 Å². The van der Waals surface area contributed by atoms with Gasteiger partial charge in [-0.25, -0.2) is 0 Å². The first-order chi connectivity index (χ1) is 36.3. The van der Waals surface area contributed by atoms with Crippen LogP contribution in [0.2, 0.25) is 0 Å². The molecule has 0 radical (unpaired) electrons. The van der Waals surface area contributed by atoms with Crippen molar-refractivity contribution in [3.8, 4) is 0 Å². The lowest BCUT2D eigenvalue weighted by Crippen LogP contribution is -2.67. The van der Waals surface area contributed by atoms with Crippen LogP contribution < -0.4 is 0 Å². The molecule has 0 spiro atoms. The molecule has 5 aliphatic heterocycles. The zero-order valence-electron chi connectivity index (χ0n) is 43.9. The van der Waals surface area contributed by atoms with E-state index in [-0.39, 0.29) is 72.4 Å². The highest BCUT2D eigenvalue weighted by Crippen LogP contribution is 2.71. The van der Waals surface area contributed by atoms with Crippen molar-refractivity contribution in [1.82, 2.24) is 0 Å². The molecule has 77 heavy (non-hydrogen) atoms. The maximum Gasteiger partial charge on any atom is 0.187 e. The van der Waals surface area contributed by atoms with Gasteiger partial charge in [-0.05, 0) is 91.3 Å². The van der Waals surface area contributed by atoms with Crippen LogP contribution in [0.5, 0.6) is 0 Å². The van der Waals surface area contributed by atoms with Crippen LogP contribution in [0.4, 0.5) is 0 Å². The van der Waals surface area contributed by atoms with Crippen molar-refractivity contribution < 1.29 is 129 Å². The van der Waals surface area contributed by atoms with Crippen molar-refractivity contribution in [2.24, 2.45) is 52.3 Å². The molecule has 5 saturated heterocycles. The van der Waals surface area contributed by atoms with Gasteiger partial charge in [0.1, 0.15) is 97.7 Å². The van der Waals surface area contributed by atoms with Gasteiger partial charge in [0.15, 0.2) is 30.9 Å². The third-order valence-corrected chi connectivity index (χ3v) is 20.1. The molecule has 26 heteroatoms. The highest BCUT2D eigenvalue weighted by molar-refractivity contribution is 5.17. The van der Waals surface area contributed by atoms with Gasteiger partial charge in [0.25, 0.3) is 0 Å². The lowest BCUT2D eigenvalue weighted by molar-refractivity contribution is -0.383. The quantitative estimate of drug-likeness (QED) is 0.0640. The topological polar surface area (TPSA) is 427 Å². The van der Waals surface area contributed by atoms with Crippen LogP contribution in [-0.4, -0.2) is 273 Å². The van der Waals surface area contributed by atoms with Gasteiger partial charge < -0.3 is 129 Å². The molecule has 34 unspecified atom stereocenters. The summed E-state index contributed by atoms with van der Waals surface area (Å²) in [7, 11) is 0. The summed E-state index contributed by atoms with van der Waals surface area (Å²) in [4.78, 5) is 0. The monoisotopic (exact) mass is 1110 g/mol. The molecular formula is C51H86O26. The Labute approximate surface area is 445 Å². The van der Waals surface area contributed by atoms with E-state index in [1.807, 2.05) is 13.8 Å². The summed E-state index contributed by atoms with van der Waals surface area (Å²) >= 11 is 0. The van der Waals surface area contributed by atoms with Crippen molar-refractivity contribution in [2.45, 2.75) is 232 Å². The number of aliphatic hydroxyl groups is 17. The Hall–Kier alpha value is -1.04. The molecule has 5 heterocycles. The molecule has 0 aromatic rings. The van der Waals surface area contributed by atoms with Gasteiger partial charge in [-0.1, -0.05) is 27.7 Å². The van der Waals surface area contributed by atoms with Crippen LogP contribution in [0, 0.1) is 52.3 Å². The lowest BCUT2D eigenvalue weighted by atomic mass is 9.43. The van der Waals surface area contributed by atoms with Crippen molar-refractivity contribution in [1.29, 1.82) is 0 Å². The number of ether oxygens (including phenoxy) is 9. The number of hydrogen-bond donors (Lipinski definition) is 17. The van der Waals surface area contributed by atoms with E-state index >= 15 is 0 Å². The van der Waals surface area contributed by atoms with Gasteiger partial charge in [0.2, 0.25) is 0 Å². The molecule has 0 bridgehead atoms. The fraction of sp³-hybridized carbons (Fsp3) is 1.00. The average molecular weight is 1120 g/mol. The average Bonchev–Trinajstić information content (AvgIpc) is 3.84. The highest BCUT2D eigenvalue weighted by atomic mass is 16.8. The SMILES string of the molecule is CC(CCC1(O)OC2CC3C4CC(O)C5CC(OC6OC(CO)C(OC7OC(CO)C(O)C(OC8OC(CO)C(O)C(O)C8O)C7O)C(O)C6O)C(O)CC5(C)C4CCC3(C)C2C1C)COC1OC(CO)C(O)C(O)C1O. The maximum atomic E-state index is 12.1. The Bertz CT molecular complexity index is 1940. The van der Waals surface area contributed by atoms with Crippen molar-refractivity contribution in [2.75, 3.05) is 33.0 Å². The Morgan fingerprint density at radius 1 is 0.532 bits per heavy atom. The van der Waals surface area contributed by atoms with Crippen LogP contribution >= 0.6 is 0 Å². The third kappa shape index (κ3) is 10.8. The van der Waals surface area contributed by atoms with Gasteiger partial charge in [-0.15, -0.1) is 0 Å². The van der Waals surface area contributed by atoms with Crippen LogP contribution in [0.3, 0.4) is 0 Å². The van der Waals surface area contributed by atoms with Gasteiger partial charge in [0, 0.05) is 12.3 Å². The van der Waals surface area contributed by atoms with Gasteiger partial charge in [-0.3, -0.25) is 0 Å². The molecule has 0 aromatic carbocycles. The summed E-state index contributed by atoms with van der Waals surface area (Å²) in [6.07, 6.45) is -32.3. The normalized spacial score (nSPS) is 56.2. The van der Waals surface area contributed by atoms with Gasteiger partial charge in [-0.2, -0.15) is 0 Å². The van der Waals surface area contributed by atoms with Crippen molar-refractivity contribution in [3.05, 3.63) is 0 Å². The Balaban J connectivity index is 0.798. The molecule has 4 aliphatic carbocycles. The first-order valence-electron chi connectivity index (χ1n) is 27.6. The van der Waals surface area contributed by atoms with Crippen LogP contribution in [-0.2, 0) is 42.6 Å². The predicted molar refractivity (Wildman–Crippen MR) is 254 cm³/mol. The van der Waals surface area contributed by atoms with E-state index in [2.05, 4.69) is 13.8 Å². The summed E-state index contributed by atoms with van der Waals surface area (Å²) in [5.41, 5.74) is -0.757. The zero-order chi connectivity index (χ0) is 56.0. The smallest absolute Gasteiger partial charge is 0.187 e. The molecule has 26 nitrogen and oxygen atoms in total. The standard InChI is InChI=1S/C51H86O26/c1-18(17-69-45-39(64)36(61)33(58)28(13-52)71-45)5-8-51(68)19(2)32-27(77-51)10-22-20-9-24(56)23-11-26(25(57)12-50(23,4)21(20)6-7-49(22,32)3)70-46-41(66)38(63)43(31(16-55)74-46)75-48-42(67)44(35(60)30(15-54)73-48)76-47-40(65)37(62)34(59)29(14-53)72-47/h18-48,52-68H,5-17H2,1-4H3. The molecule has 34 atom stereocenters. The van der Waals surface area contributed by atoms with E-state index in [1.54, 1.807) is 0 Å². The molecule has 17 N–H and O–H groups in total. The van der Waals surface area contributed by atoms with E-state index in [0.29, 0.717) is 25.7 Å². The fourth-order valence-electron chi connectivity index (χ4n) is 15.8. The lowest BCUT2D eigenvalue weighted by Gasteiger charge is -2.63. The van der Waals surface area contributed by atoms with E-state index in [9.17, 15) is 86.8 Å². The maximum absolute atomic E-state index is 12.1. The minimum absolute atomic E-state index is 0.0307. The van der Waals surface area contributed by atoms with Gasteiger partial charge in [0.05, 0.1) is 57.5 Å². The molecule has 9 fully saturated rings. The Morgan fingerprint density at radius 2 is 1.06 bits per heavy atom. The van der Waals surface area contributed by atoms with E-state index in [0.717, 1.165) is 12.8 Å². The van der Waals surface area contributed by atoms with Crippen molar-refractivity contribution in [3.63, 3.8) is 0 Å². The summed E-state index contributed by atoms with van der Waals surface area (Å²) in [5, 5.41) is 183. The number of aliphatic hydroxyl groups excluding tert-OH is 16. The fourth-order valence-corrected chi connectivity index (χ4v) is 15.8. The summed E-state index contributed by atoms with van der Waals surface area (Å²) < 4.78 is 52.6. The molecule has 446 valence electrons. The second-order valence-electron chi connectivity index (χ2n) is 24.6. The second kappa shape index (κ2) is 23.5. The molecular weight excluding hydrogens is 1030 g/mol. The predicted octanol–water partition coefficient (Wildman–Crippen LogP) is -6.01. The minimum atomic E-state index is -1.99. The second-order valence-corrected chi connectivity index (χ2v) is 24.6. The van der Waals surface area contributed by atoms with E-state index < -0.39 is 179 Å². The summed E-state index contributed by atoms with van der Waals surface area (Å²) in [6, 6.07) is 0. The van der Waals surface area contributed by atoms with E-state index in [1.165, 1.54) is 0 Å². The van der Waals surface area contributed by atoms with Gasteiger partial charge >= 0.3 is 0 Å². The van der Waals surface area contributed by atoms with Crippen LogP contribution in [0.25, 0.3) is 0 Å². The first kappa shape index (κ1) is 60.5. The molecule has 0 aromatic heterocycles. The minimum Gasteiger partial charge on any atom is -0.394 e. The largest absolute Gasteiger partial charge is 0.394 e. The van der Waals surface area contributed by atoms with E-state index in [4.69, 9.17) is 42.6 Å². The highest BCUT2D eigenvalue weighted by Gasteiger charge is 2.70. The van der Waals surface area contributed by atoms with Crippen LogP contribution in [0.1, 0.15) is 79.1 Å².